The highest BCUT2D eigenvalue weighted by Gasteiger charge is 2.20. The van der Waals surface area contributed by atoms with E-state index in [0.29, 0.717) is 18.9 Å². The van der Waals surface area contributed by atoms with Gasteiger partial charge in [0.1, 0.15) is 12.2 Å². The largest absolute Gasteiger partial charge is 0.356 e. The van der Waals surface area contributed by atoms with Gasteiger partial charge in [-0.3, -0.25) is 4.79 Å². The lowest BCUT2D eigenvalue weighted by Gasteiger charge is -2.19. The second-order valence-corrected chi connectivity index (χ2v) is 5.27. The Balaban J connectivity index is 1.61. The van der Waals surface area contributed by atoms with Crippen LogP contribution in [0.1, 0.15) is 31.5 Å². The summed E-state index contributed by atoms with van der Waals surface area (Å²) in [5.41, 5.74) is 0. The molecule has 0 aliphatic carbocycles. The lowest BCUT2D eigenvalue weighted by atomic mass is 10.1. The summed E-state index contributed by atoms with van der Waals surface area (Å²) in [5, 5.41) is 10.8. The van der Waals surface area contributed by atoms with Crippen LogP contribution in [-0.2, 0) is 18.3 Å². The molecule has 6 nitrogen and oxygen atoms in total. The number of hydrogen-bond acceptors (Lipinski definition) is 4. The van der Waals surface area contributed by atoms with E-state index in [1.165, 1.54) is 19.4 Å². The van der Waals surface area contributed by atoms with Crippen LogP contribution in [0.5, 0.6) is 0 Å². The van der Waals surface area contributed by atoms with E-state index in [0.717, 1.165) is 18.8 Å². The van der Waals surface area contributed by atoms with Crippen LogP contribution < -0.4 is 5.32 Å². The molecule has 0 radical (unpaired) electrons. The molecule has 1 aliphatic heterocycles. The van der Waals surface area contributed by atoms with Gasteiger partial charge in [-0.15, -0.1) is 10.2 Å². The van der Waals surface area contributed by atoms with E-state index in [-0.39, 0.29) is 5.91 Å². The third-order valence-electron chi connectivity index (χ3n) is 3.85. The van der Waals surface area contributed by atoms with Crippen LogP contribution in [0.25, 0.3) is 0 Å². The van der Waals surface area contributed by atoms with E-state index in [1.807, 2.05) is 11.6 Å². The van der Waals surface area contributed by atoms with Crippen molar-refractivity contribution >= 4 is 5.91 Å². The van der Waals surface area contributed by atoms with Gasteiger partial charge in [-0.2, -0.15) is 0 Å². The van der Waals surface area contributed by atoms with E-state index < -0.39 is 0 Å². The fourth-order valence-corrected chi connectivity index (χ4v) is 2.57. The van der Waals surface area contributed by atoms with E-state index in [2.05, 4.69) is 27.5 Å². The van der Waals surface area contributed by atoms with Crippen LogP contribution in [0.4, 0.5) is 0 Å². The molecule has 0 spiro atoms. The number of nitrogens with one attached hydrogen (secondary N) is 1. The van der Waals surface area contributed by atoms with Crippen LogP contribution >= 0.6 is 0 Å². The first kappa shape index (κ1) is 14.0. The number of amides is 1. The molecule has 1 unspecified atom stereocenters. The average molecular weight is 265 g/mol. The highest BCUT2D eigenvalue weighted by atomic mass is 16.1. The lowest BCUT2D eigenvalue weighted by Crippen LogP contribution is -2.31. The number of aryl methyl sites for hydroxylation is 2. The van der Waals surface area contributed by atoms with Gasteiger partial charge in [-0.05, 0) is 32.9 Å². The summed E-state index contributed by atoms with van der Waals surface area (Å²) in [6.07, 6.45) is 6.36. The van der Waals surface area contributed by atoms with Crippen molar-refractivity contribution in [2.24, 2.45) is 7.05 Å². The molecule has 0 aromatic carbocycles. The van der Waals surface area contributed by atoms with E-state index >= 15 is 0 Å². The molecular formula is C13H23N5O. The Kier molecular flexibility index (Phi) is 4.90. The summed E-state index contributed by atoms with van der Waals surface area (Å²) in [6, 6.07) is 0.638. The molecular weight excluding hydrogens is 242 g/mol. The van der Waals surface area contributed by atoms with Crippen LogP contribution in [0.3, 0.4) is 0 Å². The van der Waals surface area contributed by atoms with Crippen molar-refractivity contribution in [3.63, 3.8) is 0 Å². The number of carbonyl (C=O) groups is 1. The molecule has 1 aliphatic rings. The molecule has 1 atom stereocenters. The molecule has 1 N–H and O–H groups in total. The third kappa shape index (κ3) is 4.02. The smallest absolute Gasteiger partial charge is 0.220 e. The van der Waals surface area contributed by atoms with Crippen LogP contribution in [-0.4, -0.2) is 51.8 Å². The maximum absolute atomic E-state index is 11.7. The summed E-state index contributed by atoms with van der Waals surface area (Å²) >= 11 is 0. The quantitative estimate of drug-likeness (QED) is 0.806. The molecule has 2 rings (SSSR count). The van der Waals surface area contributed by atoms with Gasteiger partial charge in [0.2, 0.25) is 5.91 Å². The Labute approximate surface area is 114 Å². The van der Waals surface area contributed by atoms with Gasteiger partial charge < -0.3 is 14.8 Å². The zero-order valence-corrected chi connectivity index (χ0v) is 11.8. The number of hydrogen-bond donors (Lipinski definition) is 1. The van der Waals surface area contributed by atoms with Crippen molar-refractivity contribution < 1.29 is 4.79 Å². The fourth-order valence-electron chi connectivity index (χ4n) is 2.57. The Morgan fingerprint density at radius 1 is 1.53 bits per heavy atom. The van der Waals surface area contributed by atoms with Gasteiger partial charge in [0.05, 0.1) is 0 Å². The monoisotopic (exact) mass is 265 g/mol. The molecule has 0 saturated carbocycles. The summed E-state index contributed by atoms with van der Waals surface area (Å²) < 4.78 is 1.85. The summed E-state index contributed by atoms with van der Waals surface area (Å²) in [4.78, 5) is 14.1. The number of likely N-dealkylation sites (tertiary alicyclic amines) is 1. The lowest BCUT2D eigenvalue weighted by molar-refractivity contribution is -0.121. The van der Waals surface area contributed by atoms with Crippen molar-refractivity contribution in [3.05, 3.63) is 12.2 Å². The number of rotatable bonds is 6. The molecule has 1 fully saturated rings. The minimum atomic E-state index is 0.101. The maximum Gasteiger partial charge on any atom is 0.220 e. The van der Waals surface area contributed by atoms with Gasteiger partial charge in [0.15, 0.2) is 0 Å². The van der Waals surface area contributed by atoms with Crippen LogP contribution in [0, 0.1) is 0 Å². The summed E-state index contributed by atoms with van der Waals surface area (Å²) in [7, 11) is 4.05. The number of nitrogens with zero attached hydrogens (tertiary/aromatic N) is 4. The van der Waals surface area contributed by atoms with Crippen LogP contribution in [0.2, 0.25) is 0 Å². The molecule has 106 valence electrons. The normalized spacial score (nSPS) is 19.8. The first-order chi connectivity index (χ1) is 9.16. The molecule has 19 heavy (non-hydrogen) atoms. The first-order valence-corrected chi connectivity index (χ1v) is 6.96. The summed E-state index contributed by atoms with van der Waals surface area (Å²) in [5.74, 6) is 0.953. The highest BCUT2D eigenvalue weighted by Crippen LogP contribution is 2.16. The Hall–Kier alpha value is -1.43. The molecule has 1 aromatic rings. The van der Waals surface area contributed by atoms with E-state index in [9.17, 15) is 4.79 Å². The predicted molar refractivity (Wildman–Crippen MR) is 72.6 cm³/mol. The predicted octanol–water partition coefficient (Wildman–Crippen LogP) is 0.348. The number of aromatic nitrogens is 3. The first-order valence-electron chi connectivity index (χ1n) is 6.96. The molecule has 6 heteroatoms. The van der Waals surface area contributed by atoms with Crippen molar-refractivity contribution in [1.29, 1.82) is 0 Å². The minimum Gasteiger partial charge on any atom is -0.356 e. The second kappa shape index (κ2) is 6.65. The second-order valence-electron chi connectivity index (χ2n) is 5.27. The Morgan fingerprint density at radius 3 is 3.00 bits per heavy atom. The summed E-state index contributed by atoms with van der Waals surface area (Å²) in [6.45, 7) is 1.96. The zero-order valence-electron chi connectivity index (χ0n) is 11.8. The topological polar surface area (TPSA) is 63.1 Å². The SMILES string of the molecule is CN1CCCC1CCNC(=O)CCc1nncn1C. The van der Waals surface area contributed by atoms with E-state index in [1.54, 1.807) is 6.33 Å². The van der Waals surface area contributed by atoms with E-state index in [4.69, 9.17) is 0 Å². The molecule has 0 bridgehead atoms. The Morgan fingerprint density at radius 2 is 2.37 bits per heavy atom. The maximum atomic E-state index is 11.7. The van der Waals surface area contributed by atoms with Crippen molar-refractivity contribution in [2.75, 3.05) is 20.1 Å². The molecule has 1 aromatic heterocycles. The van der Waals surface area contributed by atoms with Gasteiger partial charge >= 0.3 is 0 Å². The van der Waals surface area contributed by atoms with Crippen molar-refractivity contribution in [3.8, 4) is 0 Å². The molecule has 1 saturated heterocycles. The van der Waals surface area contributed by atoms with Gasteiger partial charge in [-0.25, -0.2) is 0 Å². The van der Waals surface area contributed by atoms with Gasteiger partial charge in [0, 0.05) is 32.5 Å². The fraction of sp³-hybridized carbons (Fsp3) is 0.769. The Bertz CT molecular complexity index is 417. The average Bonchev–Trinajstić information content (AvgIpc) is 2.97. The third-order valence-corrected chi connectivity index (χ3v) is 3.85. The van der Waals surface area contributed by atoms with Crippen molar-refractivity contribution in [1.82, 2.24) is 25.0 Å². The van der Waals surface area contributed by atoms with Crippen molar-refractivity contribution in [2.45, 2.75) is 38.1 Å². The minimum absolute atomic E-state index is 0.101. The van der Waals surface area contributed by atoms with Gasteiger partial charge in [0.25, 0.3) is 0 Å². The highest BCUT2D eigenvalue weighted by molar-refractivity contribution is 5.75. The zero-order chi connectivity index (χ0) is 13.7. The van der Waals surface area contributed by atoms with Gasteiger partial charge in [-0.1, -0.05) is 0 Å². The van der Waals surface area contributed by atoms with Crippen LogP contribution in [0.15, 0.2) is 6.33 Å². The molecule has 2 heterocycles. The molecule has 1 amide bonds. The standard InChI is InChI=1S/C13H23N5O/c1-17-9-3-4-11(17)7-8-14-13(19)6-5-12-16-15-10-18(12)2/h10-11H,3-9H2,1-2H3,(H,14,19). The number of carbonyl (C=O) groups excluding carboxylic acids is 1.